The molecule has 0 spiro atoms. The molecular weight excluding hydrogens is 200 g/mol. The molecule has 2 N–H and O–H groups in total. The molecule has 0 aromatic carbocycles. The first-order chi connectivity index (χ1) is 7.55. The van der Waals surface area contributed by atoms with Gasteiger partial charge < -0.3 is 10.5 Å². The highest BCUT2D eigenvalue weighted by Crippen LogP contribution is 2.26. The largest absolute Gasteiger partial charge is 0.379 e. The number of ether oxygens (including phenoxy) is 1. The molecule has 0 radical (unpaired) electrons. The van der Waals surface area contributed by atoms with Crippen LogP contribution in [0.15, 0.2) is 0 Å². The maximum Gasteiger partial charge on any atom is 0.0619 e. The van der Waals surface area contributed by atoms with Crippen LogP contribution in [0, 0.1) is 5.41 Å². The first-order valence-electron chi connectivity index (χ1n) is 6.57. The van der Waals surface area contributed by atoms with Crippen LogP contribution in [0.5, 0.6) is 0 Å². The predicted molar refractivity (Wildman–Crippen MR) is 68.5 cm³/mol. The highest BCUT2D eigenvalue weighted by atomic mass is 16.5. The average Bonchev–Trinajstić information content (AvgIpc) is 2.20. The van der Waals surface area contributed by atoms with Gasteiger partial charge in [-0.05, 0) is 44.7 Å². The molecule has 1 aliphatic heterocycles. The predicted octanol–water partition coefficient (Wildman–Crippen LogP) is 1.86. The van der Waals surface area contributed by atoms with E-state index in [0.29, 0.717) is 11.5 Å². The zero-order valence-corrected chi connectivity index (χ0v) is 11.2. The van der Waals surface area contributed by atoms with Crippen molar-refractivity contribution in [2.45, 2.75) is 46.1 Å². The topological polar surface area (TPSA) is 38.5 Å². The van der Waals surface area contributed by atoms with Gasteiger partial charge in [-0.1, -0.05) is 13.8 Å². The van der Waals surface area contributed by atoms with Gasteiger partial charge in [0.05, 0.1) is 13.2 Å². The number of hydrogen-bond donors (Lipinski definition) is 1. The van der Waals surface area contributed by atoms with Crippen molar-refractivity contribution in [3.8, 4) is 0 Å². The molecule has 0 saturated carbocycles. The molecule has 1 heterocycles. The molecule has 0 aromatic rings. The first kappa shape index (κ1) is 13.9. The highest BCUT2D eigenvalue weighted by molar-refractivity contribution is 4.74. The fraction of sp³-hybridized carbons (Fsp3) is 1.00. The van der Waals surface area contributed by atoms with Crippen molar-refractivity contribution in [2.75, 3.05) is 32.8 Å². The van der Waals surface area contributed by atoms with Gasteiger partial charge in [-0.15, -0.1) is 0 Å². The smallest absolute Gasteiger partial charge is 0.0619 e. The van der Waals surface area contributed by atoms with Crippen LogP contribution in [-0.2, 0) is 4.74 Å². The van der Waals surface area contributed by atoms with Crippen LogP contribution >= 0.6 is 0 Å². The summed E-state index contributed by atoms with van der Waals surface area (Å²) in [5.74, 6) is 0. The Hall–Kier alpha value is -0.120. The van der Waals surface area contributed by atoms with Gasteiger partial charge in [0.1, 0.15) is 0 Å². The summed E-state index contributed by atoms with van der Waals surface area (Å²) in [6, 6.07) is 0.589. The normalized spacial score (nSPS) is 23.6. The lowest BCUT2D eigenvalue weighted by Crippen LogP contribution is -2.44. The number of nitrogens with two attached hydrogens (primary N) is 1. The van der Waals surface area contributed by atoms with Crippen LogP contribution in [-0.4, -0.2) is 43.8 Å². The van der Waals surface area contributed by atoms with Crippen LogP contribution in [0.1, 0.15) is 40.0 Å². The Morgan fingerprint density at radius 3 is 2.75 bits per heavy atom. The molecule has 1 rings (SSSR count). The van der Waals surface area contributed by atoms with Gasteiger partial charge >= 0.3 is 0 Å². The molecule has 1 saturated heterocycles. The minimum absolute atomic E-state index is 0.407. The molecule has 1 atom stereocenters. The summed E-state index contributed by atoms with van der Waals surface area (Å²) in [5, 5.41) is 0. The van der Waals surface area contributed by atoms with Crippen molar-refractivity contribution in [3.05, 3.63) is 0 Å². The molecule has 3 nitrogen and oxygen atoms in total. The summed E-state index contributed by atoms with van der Waals surface area (Å²) in [6.07, 6.45) is 3.68. The average molecular weight is 228 g/mol. The molecule has 0 aromatic heterocycles. The summed E-state index contributed by atoms with van der Waals surface area (Å²) >= 11 is 0. The Balaban J connectivity index is 2.18. The van der Waals surface area contributed by atoms with Crippen LogP contribution in [0.4, 0.5) is 0 Å². The third kappa shape index (κ3) is 4.81. The van der Waals surface area contributed by atoms with Crippen molar-refractivity contribution < 1.29 is 4.74 Å². The zero-order chi connectivity index (χ0) is 12.0. The lowest BCUT2D eigenvalue weighted by molar-refractivity contribution is -0.00197. The van der Waals surface area contributed by atoms with Crippen molar-refractivity contribution in [3.63, 3.8) is 0 Å². The molecule has 0 aliphatic carbocycles. The van der Waals surface area contributed by atoms with E-state index >= 15 is 0 Å². The zero-order valence-electron chi connectivity index (χ0n) is 11.2. The Labute approximate surface area is 100 Å². The van der Waals surface area contributed by atoms with E-state index in [1.54, 1.807) is 0 Å². The van der Waals surface area contributed by atoms with E-state index in [1.807, 2.05) is 0 Å². The lowest BCUT2D eigenvalue weighted by Gasteiger charge is -2.34. The number of rotatable bonds is 6. The minimum Gasteiger partial charge on any atom is -0.379 e. The lowest BCUT2D eigenvalue weighted by atomic mass is 9.84. The fourth-order valence-electron chi connectivity index (χ4n) is 2.37. The second-order valence-electron chi connectivity index (χ2n) is 5.77. The van der Waals surface area contributed by atoms with Crippen molar-refractivity contribution in [2.24, 2.45) is 11.1 Å². The van der Waals surface area contributed by atoms with Crippen LogP contribution in [0.25, 0.3) is 0 Å². The van der Waals surface area contributed by atoms with Crippen LogP contribution in [0.3, 0.4) is 0 Å². The first-order valence-corrected chi connectivity index (χ1v) is 6.57. The van der Waals surface area contributed by atoms with Crippen LogP contribution < -0.4 is 5.73 Å². The van der Waals surface area contributed by atoms with E-state index in [9.17, 15) is 0 Å². The van der Waals surface area contributed by atoms with Gasteiger partial charge in [0.15, 0.2) is 0 Å². The summed E-state index contributed by atoms with van der Waals surface area (Å²) in [7, 11) is 0. The molecule has 1 aliphatic rings. The molecule has 1 unspecified atom stereocenters. The summed E-state index contributed by atoms with van der Waals surface area (Å²) in [6.45, 7) is 11.8. The van der Waals surface area contributed by atoms with E-state index in [1.165, 1.54) is 19.4 Å². The minimum atomic E-state index is 0.407. The Morgan fingerprint density at radius 1 is 1.38 bits per heavy atom. The third-order valence-electron chi connectivity index (χ3n) is 3.63. The maximum absolute atomic E-state index is 5.62. The van der Waals surface area contributed by atoms with E-state index in [0.717, 1.165) is 32.7 Å². The molecule has 0 amide bonds. The van der Waals surface area contributed by atoms with Gasteiger partial charge in [0.2, 0.25) is 0 Å². The van der Waals surface area contributed by atoms with E-state index in [4.69, 9.17) is 10.5 Å². The molecule has 16 heavy (non-hydrogen) atoms. The van der Waals surface area contributed by atoms with E-state index in [2.05, 4.69) is 25.7 Å². The molecule has 0 bridgehead atoms. The van der Waals surface area contributed by atoms with Gasteiger partial charge in [-0.25, -0.2) is 0 Å². The van der Waals surface area contributed by atoms with E-state index < -0.39 is 0 Å². The van der Waals surface area contributed by atoms with Gasteiger partial charge in [0, 0.05) is 12.6 Å². The summed E-state index contributed by atoms with van der Waals surface area (Å²) in [4.78, 5) is 2.54. The van der Waals surface area contributed by atoms with Gasteiger partial charge in [0.25, 0.3) is 0 Å². The number of hydrogen-bond acceptors (Lipinski definition) is 3. The van der Waals surface area contributed by atoms with Gasteiger partial charge in [-0.2, -0.15) is 0 Å². The van der Waals surface area contributed by atoms with Crippen molar-refractivity contribution in [1.29, 1.82) is 0 Å². The summed E-state index contributed by atoms with van der Waals surface area (Å²) in [5.41, 5.74) is 6.03. The van der Waals surface area contributed by atoms with Crippen LogP contribution in [0.2, 0.25) is 0 Å². The molecule has 3 heteroatoms. The SMILES string of the molecule is CC1COCCN1CCCC(C)(C)CCN. The number of nitrogens with zero attached hydrogens (tertiary/aromatic N) is 1. The Kier molecular flexibility index (Phi) is 5.73. The quantitative estimate of drug-likeness (QED) is 0.754. The fourth-order valence-corrected chi connectivity index (χ4v) is 2.37. The molecule has 96 valence electrons. The second kappa shape index (κ2) is 6.58. The third-order valence-corrected chi connectivity index (χ3v) is 3.63. The summed E-state index contributed by atoms with van der Waals surface area (Å²) < 4.78 is 5.44. The van der Waals surface area contributed by atoms with Crippen molar-refractivity contribution >= 4 is 0 Å². The Morgan fingerprint density at radius 2 is 2.12 bits per heavy atom. The molecule has 1 fully saturated rings. The van der Waals surface area contributed by atoms with Gasteiger partial charge in [-0.3, -0.25) is 4.90 Å². The van der Waals surface area contributed by atoms with Crippen molar-refractivity contribution in [1.82, 2.24) is 4.90 Å². The monoisotopic (exact) mass is 228 g/mol. The molecular formula is C13H28N2O. The maximum atomic E-state index is 5.62. The van der Waals surface area contributed by atoms with E-state index in [-0.39, 0.29) is 0 Å². The highest BCUT2D eigenvalue weighted by Gasteiger charge is 2.20. The second-order valence-corrected chi connectivity index (χ2v) is 5.77. The Bertz CT molecular complexity index is 194. The standard InChI is InChI=1S/C13H28N2O/c1-12-11-16-10-9-15(12)8-4-5-13(2,3)6-7-14/h12H,4-11,14H2,1-3H3. The number of morpholine rings is 1.